The molecule has 0 bridgehead atoms. The van der Waals surface area contributed by atoms with Gasteiger partial charge in [0.25, 0.3) is 5.91 Å². The van der Waals surface area contributed by atoms with Gasteiger partial charge < -0.3 is 15.1 Å². The Bertz CT molecular complexity index is 956. The molecule has 31 heavy (non-hydrogen) atoms. The van der Waals surface area contributed by atoms with Crippen molar-refractivity contribution in [2.24, 2.45) is 0 Å². The Kier molecular flexibility index (Phi) is 7.07. The Morgan fingerprint density at radius 3 is 2.68 bits per heavy atom. The first-order chi connectivity index (χ1) is 15.0. The van der Waals surface area contributed by atoms with Crippen molar-refractivity contribution in [3.05, 3.63) is 64.7 Å². The van der Waals surface area contributed by atoms with Gasteiger partial charge in [-0.2, -0.15) is 0 Å². The number of rotatable bonds is 4. The first-order valence-electron chi connectivity index (χ1n) is 10.6. The molecule has 1 N–H and O–H groups in total. The Balaban J connectivity index is 1.38. The van der Waals surface area contributed by atoms with E-state index in [9.17, 15) is 9.18 Å². The lowest BCUT2D eigenvalue weighted by Gasteiger charge is -2.34. The van der Waals surface area contributed by atoms with Gasteiger partial charge >= 0.3 is 0 Å². The van der Waals surface area contributed by atoms with Crippen LogP contribution in [-0.4, -0.2) is 57.1 Å². The second kappa shape index (κ2) is 9.96. The standard InChI is InChI=1S/C23H27FN4OS2/c1-16-6-7-19(22(29)28-12-13-31-15-28)21(26-16)17-8-10-27(11-9-17)23(30)25-14-18-4-2-3-5-20(18)24/h2-7,17H,8-15H2,1H3,(H,25,30). The molecule has 0 aliphatic carbocycles. The van der Waals surface area contributed by atoms with Gasteiger partial charge in [0.15, 0.2) is 5.11 Å². The summed E-state index contributed by atoms with van der Waals surface area (Å²) in [4.78, 5) is 21.9. The van der Waals surface area contributed by atoms with Crippen molar-refractivity contribution in [1.82, 2.24) is 20.1 Å². The zero-order chi connectivity index (χ0) is 21.8. The smallest absolute Gasteiger partial charge is 0.256 e. The van der Waals surface area contributed by atoms with Crippen LogP contribution >= 0.6 is 24.0 Å². The molecule has 164 valence electrons. The molecule has 0 atom stereocenters. The molecule has 4 rings (SSSR count). The molecule has 5 nitrogen and oxygen atoms in total. The van der Waals surface area contributed by atoms with Crippen LogP contribution in [0.1, 0.15) is 46.1 Å². The number of carbonyl (C=O) groups is 1. The average molecular weight is 459 g/mol. The van der Waals surface area contributed by atoms with Gasteiger partial charge in [-0.15, -0.1) is 11.8 Å². The molecule has 0 saturated carbocycles. The molecule has 2 aliphatic heterocycles. The van der Waals surface area contributed by atoms with Crippen molar-refractivity contribution in [1.29, 1.82) is 0 Å². The number of piperidine rings is 1. The quantitative estimate of drug-likeness (QED) is 0.701. The van der Waals surface area contributed by atoms with E-state index in [2.05, 4.69) is 10.2 Å². The summed E-state index contributed by atoms with van der Waals surface area (Å²) in [5.41, 5.74) is 3.21. The zero-order valence-electron chi connectivity index (χ0n) is 17.6. The lowest BCUT2D eigenvalue weighted by molar-refractivity contribution is 0.0800. The second-order valence-electron chi connectivity index (χ2n) is 8.00. The lowest BCUT2D eigenvalue weighted by atomic mass is 9.90. The molecule has 2 fully saturated rings. The van der Waals surface area contributed by atoms with Crippen LogP contribution in [-0.2, 0) is 6.54 Å². The fraction of sp³-hybridized carbons (Fsp3) is 0.435. The maximum absolute atomic E-state index is 13.8. The molecular formula is C23H27FN4OS2. The summed E-state index contributed by atoms with van der Waals surface area (Å²) in [5.74, 6) is 1.86. The number of nitrogens with one attached hydrogen (secondary N) is 1. The number of carbonyl (C=O) groups excluding carboxylic acids is 1. The molecule has 0 spiro atoms. The van der Waals surface area contributed by atoms with Crippen molar-refractivity contribution in [2.45, 2.75) is 32.2 Å². The Morgan fingerprint density at radius 2 is 1.97 bits per heavy atom. The number of pyridine rings is 1. The summed E-state index contributed by atoms with van der Waals surface area (Å²) >= 11 is 7.34. The largest absolute Gasteiger partial charge is 0.358 e. The summed E-state index contributed by atoms with van der Waals surface area (Å²) in [6.45, 7) is 4.72. The minimum Gasteiger partial charge on any atom is -0.358 e. The maximum Gasteiger partial charge on any atom is 0.256 e. The van der Waals surface area contributed by atoms with E-state index in [0.717, 1.165) is 61.1 Å². The van der Waals surface area contributed by atoms with Crippen LogP contribution in [0.4, 0.5) is 4.39 Å². The first kappa shape index (κ1) is 22.0. The number of thioether (sulfide) groups is 1. The summed E-state index contributed by atoms with van der Waals surface area (Å²) in [6.07, 6.45) is 1.76. The van der Waals surface area contributed by atoms with E-state index in [0.29, 0.717) is 17.2 Å². The van der Waals surface area contributed by atoms with Crippen LogP contribution in [0.5, 0.6) is 0 Å². The minimum absolute atomic E-state index is 0.0944. The molecule has 2 aliphatic rings. The molecule has 2 saturated heterocycles. The summed E-state index contributed by atoms with van der Waals surface area (Å²) < 4.78 is 13.8. The number of aromatic nitrogens is 1. The molecule has 1 aromatic carbocycles. The third kappa shape index (κ3) is 5.18. The maximum atomic E-state index is 13.8. The van der Waals surface area contributed by atoms with Crippen molar-refractivity contribution in [2.75, 3.05) is 31.3 Å². The third-order valence-corrected chi connectivity index (χ3v) is 7.26. The molecule has 1 aromatic heterocycles. The first-order valence-corrected chi connectivity index (χ1v) is 12.2. The second-order valence-corrected chi connectivity index (χ2v) is 9.46. The number of hydrogen-bond donors (Lipinski definition) is 1. The van der Waals surface area contributed by atoms with Crippen LogP contribution < -0.4 is 5.32 Å². The highest BCUT2D eigenvalue weighted by atomic mass is 32.2. The van der Waals surface area contributed by atoms with Gasteiger partial charge in [-0.3, -0.25) is 9.78 Å². The van der Waals surface area contributed by atoms with E-state index in [-0.39, 0.29) is 17.6 Å². The van der Waals surface area contributed by atoms with Gasteiger partial charge in [-0.1, -0.05) is 18.2 Å². The van der Waals surface area contributed by atoms with E-state index in [1.807, 2.05) is 30.0 Å². The number of hydrogen-bond acceptors (Lipinski definition) is 4. The number of benzene rings is 1. The highest BCUT2D eigenvalue weighted by Gasteiger charge is 2.29. The topological polar surface area (TPSA) is 48.5 Å². The van der Waals surface area contributed by atoms with E-state index >= 15 is 0 Å². The highest BCUT2D eigenvalue weighted by Crippen LogP contribution is 2.31. The SMILES string of the molecule is Cc1ccc(C(=O)N2CCSC2)c(C2CCN(C(=S)NCc3ccccc3F)CC2)n1. The number of amides is 1. The number of thiocarbonyl (C=S) groups is 1. The summed E-state index contributed by atoms with van der Waals surface area (Å²) in [7, 11) is 0. The molecular weight excluding hydrogens is 431 g/mol. The van der Waals surface area contributed by atoms with E-state index in [4.69, 9.17) is 17.2 Å². The van der Waals surface area contributed by atoms with Crippen LogP contribution in [0.3, 0.4) is 0 Å². The van der Waals surface area contributed by atoms with E-state index in [1.165, 1.54) is 6.07 Å². The number of nitrogens with zero attached hydrogens (tertiary/aromatic N) is 3. The fourth-order valence-electron chi connectivity index (χ4n) is 4.09. The predicted octanol–water partition coefficient (Wildman–Crippen LogP) is 3.93. The molecule has 1 amide bonds. The molecule has 0 unspecified atom stereocenters. The summed E-state index contributed by atoms with van der Waals surface area (Å²) in [6, 6.07) is 10.6. The van der Waals surface area contributed by atoms with Crippen molar-refractivity contribution < 1.29 is 9.18 Å². The normalized spacial score (nSPS) is 17.1. The molecule has 3 heterocycles. The Labute approximate surface area is 192 Å². The number of likely N-dealkylation sites (tertiary alicyclic amines) is 1. The van der Waals surface area contributed by atoms with Crippen molar-refractivity contribution in [3.8, 4) is 0 Å². The van der Waals surface area contributed by atoms with Crippen LogP contribution in [0, 0.1) is 12.7 Å². The van der Waals surface area contributed by atoms with Gasteiger partial charge in [0.2, 0.25) is 0 Å². The van der Waals surface area contributed by atoms with Crippen LogP contribution in [0.25, 0.3) is 0 Å². The van der Waals surface area contributed by atoms with Crippen molar-refractivity contribution in [3.63, 3.8) is 0 Å². The number of aryl methyl sites for hydroxylation is 1. The van der Waals surface area contributed by atoms with Gasteiger partial charge in [-0.25, -0.2) is 4.39 Å². The highest BCUT2D eigenvalue weighted by molar-refractivity contribution is 7.99. The van der Waals surface area contributed by atoms with E-state index in [1.54, 1.807) is 23.9 Å². The predicted molar refractivity (Wildman–Crippen MR) is 127 cm³/mol. The monoisotopic (exact) mass is 458 g/mol. The van der Waals surface area contributed by atoms with E-state index < -0.39 is 0 Å². The molecule has 2 aromatic rings. The summed E-state index contributed by atoms with van der Waals surface area (Å²) in [5, 5.41) is 3.82. The van der Waals surface area contributed by atoms with Crippen molar-refractivity contribution >= 4 is 35.0 Å². The van der Waals surface area contributed by atoms with Gasteiger partial charge in [0.05, 0.1) is 17.1 Å². The zero-order valence-corrected chi connectivity index (χ0v) is 19.3. The van der Waals surface area contributed by atoms with Gasteiger partial charge in [0, 0.05) is 49.1 Å². The third-order valence-electron chi connectivity index (χ3n) is 5.89. The van der Waals surface area contributed by atoms with Crippen LogP contribution in [0.15, 0.2) is 36.4 Å². The fourth-order valence-corrected chi connectivity index (χ4v) is 5.29. The van der Waals surface area contributed by atoms with Gasteiger partial charge in [-0.05, 0) is 50.2 Å². The molecule has 0 radical (unpaired) electrons. The molecule has 8 heteroatoms. The van der Waals surface area contributed by atoms with Crippen LogP contribution in [0.2, 0.25) is 0 Å². The average Bonchev–Trinajstić information content (AvgIpc) is 3.33. The lowest BCUT2D eigenvalue weighted by Crippen LogP contribution is -2.44. The van der Waals surface area contributed by atoms with Gasteiger partial charge in [0.1, 0.15) is 5.82 Å². The Hall–Kier alpha value is -2.19. The Morgan fingerprint density at radius 1 is 1.19 bits per heavy atom. The minimum atomic E-state index is -0.226. The number of halogens is 1.